The minimum Gasteiger partial charge on any atom is -0.322 e. The highest BCUT2D eigenvalue weighted by molar-refractivity contribution is 6.05. The number of nitrogens with one attached hydrogen (secondary N) is 1. The number of hydrogen-bond acceptors (Lipinski definition) is 3. The van der Waals surface area contributed by atoms with Crippen molar-refractivity contribution in [3.8, 4) is 6.07 Å². The van der Waals surface area contributed by atoms with E-state index in [1.807, 2.05) is 6.07 Å². The number of benzene rings is 2. The van der Waals surface area contributed by atoms with Crippen LogP contribution in [0.25, 0.3) is 0 Å². The number of nitrogens with zero attached hydrogens (tertiary/aromatic N) is 1. The molecule has 0 aromatic heterocycles. The van der Waals surface area contributed by atoms with Crippen LogP contribution in [0.15, 0.2) is 48.5 Å². The summed E-state index contributed by atoms with van der Waals surface area (Å²) in [5.41, 5.74) is 1.99. The Balaban J connectivity index is 2.15. The maximum absolute atomic E-state index is 11.9. The van der Waals surface area contributed by atoms with Crippen molar-refractivity contribution in [1.82, 2.24) is 0 Å². The Morgan fingerprint density at radius 3 is 2.53 bits per heavy atom. The lowest BCUT2D eigenvalue weighted by atomic mass is 10.1. The average Bonchev–Trinajstić information content (AvgIpc) is 2.48. The van der Waals surface area contributed by atoms with Gasteiger partial charge in [0.15, 0.2) is 0 Å². The standard InChI is InChI=1S/C15H10N2O2/c16-9-11-4-6-14(7-5-11)17-15(19)13-3-1-2-12(8-13)10-18/h1-8,10H,(H,17,19). The van der Waals surface area contributed by atoms with Crippen LogP contribution in [0.1, 0.15) is 26.3 Å². The lowest BCUT2D eigenvalue weighted by molar-refractivity contribution is 0.102. The average molecular weight is 250 g/mol. The fourth-order valence-electron chi connectivity index (χ4n) is 1.58. The molecule has 0 saturated carbocycles. The molecule has 0 saturated heterocycles. The Hall–Kier alpha value is -2.93. The summed E-state index contributed by atoms with van der Waals surface area (Å²) in [6.07, 6.45) is 0.693. The van der Waals surface area contributed by atoms with E-state index in [0.717, 1.165) is 0 Å². The number of rotatable bonds is 3. The van der Waals surface area contributed by atoms with Gasteiger partial charge in [-0.25, -0.2) is 0 Å². The summed E-state index contributed by atoms with van der Waals surface area (Å²) in [6.45, 7) is 0. The monoisotopic (exact) mass is 250 g/mol. The number of aldehydes is 1. The molecule has 0 atom stereocenters. The second kappa shape index (κ2) is 5.61. The zero-order chi connectivity index (χ0) is 13.7. The van der Waals surface area contributed by atoms with Crippen molar-refractivity contribution < 1.29 is 9.59 Å². The quantitative estimate of drug-likeness (QED) is 0.851. The fraction of sp³-hybridized carbons (Fsp3) is 0. The molecule has 0 aliphatic heterocycles. The molecule has 0 aliphatic rings. The fourth-order valence-corrected chi connectivity index (χ4v) is 1.58. The lowest BCUT2D eigenvalue weighted by Crippen LogP contribution is -2.12. The maximum atomic E-state index is 11.9. The number of amides is 1. The van der Waals surface area contributed by atoms with Crippen molar-refractivity contribution in [2.24, 2.45) is 0 Å². The first kappa shape index (κ1) is 12.5. The smallest absolute Gasteiger partial charge is 0.255 e. The number of anilines is 1. The number of hydrogen-bond donors (Lipinski definition) is 1. The van der Waals surface area contributed by atoms with E-state index >= 15 is 0 Å². The van der Waals surface area contributed by atoms with Crippen molar-refractivity contribution in [2.45, 2.75) is 0 Å². The van der Waals surface area contributed by atoms with Crippen molar-refractivity contribution >= 4 is 17.9 Å². The van der Waals surface area contributed by atoms with Gasteiger partial charge in [0.2, 0.25) is 0 Å². The van der Waals surface area contributed by atoms with Gasteiger partial charge in [-0.15, -0.1) is 0 Å². The zero-order valence-electron chi connectivity index (χ0n) is 9.96. The summed E-state index contributed by atoms with van der Waals surface area (Å²) < 4.78 is 0. The minimum absolute atomic E-state index is 0.298. The summed E-state index contributed by atoms with van der Waals surface area (Å²) in [4.78, 5) is 22.6. The molecule has 0 unspecified atom stereocenters. The summed E-state index contributed by atoms with van der Waals surface area (Å²) >= 11 is 0. The second-order valence-electron chi connectivity index (χ2n) is 3.89. The highest BCUT2D eigenvalue weighted by Gasteiger charge is 2.06. The molecular formula is C15H10N2O2. The Morgan fingerprint density at radius 1 is 1.16 bits per heavy atom. The first-order valence-corrected chi connectivity index (χ1v) is 5.59. The van der Waals surface area contributed by atoms with E-state index in [1.54, 1.807) is 42.5 Å². The molecule has 2 rings (SSSR count). The minimum atomic E-state index is -0.298. The molecule has 4 heteroatoms. The Labute approximate surface area is 110 Å². The molecule has 92 valence electrons. The van der Waals surface area contributed by atoms with E-state index in [-0.39, 0.29) is 5.91 Å². The van der Waals surface area contributed by atoms with Gasteiger partial charge in [-0.3, -0.25) is 9.59 Å². The van der Waals surface area contributed by atoms with Crippen LogP contribution in [-0.2, 0) is 0 Å². The second-order valence-corrected chi connectivity index (χ2v) is 3.89. The van der Waals surface area contributed by atoms with Crippen LogP contribution in [0.5, 0.6) is 0 Å². The molecule has 19 heavy (non-hydrogen) atoms. The zero-order valence-corrected chi connectivity index (χ0v) is 9.96. The summed E-state index contributed by atoms with van der Waals surface area (Å²) in [5.74, 6) is -0.298. The van der Waals surface area contributed by atoms with Gasteiger partial charge in [-0.1, -0.05) is 12.1 Å². The molecule has 1 N–H and O–H groups in total. The molecule has 0 aliphatic carbocycles. The van der Waals surface area contributed by atoms with Crippen molar-refractivity contribution in [2.75, 3.05) is 5.32 Å². The van der Waals surface area contributed by atoms with E-state index in [0.29, 0.717) is 28.7 Å². The van der Waals surface area contributed by atoms with E-state index in [9.17, 15) is 9.59 Å². The van der Waals surface area contributed by atoms with Gasteiger partial charge in [0.05, 0.1) is 11.6 Å². The number of nitriles is 1. The third-order valence-corrected chi connectivity index (χ3v) is 2.56. The van der Waals surface area contributed by atoms with Crippen molar-refractivity contribution in [3.63, 3.8) is 0 Å². The number of carbonyl (C=O) groups is 2. The molecule has 0 fully saturated rings. The topological polar surface area (TPSA) is 70.0 Å². The Bertz CT molecular complexity index is 655. The molecule has 0 spiro atoms. The van der Waals surface area contributed by atoms with E-state index in [4.69, 9.17) is 5.26 Å². The van der Waals surface area contributed by atoms with Gasteiger partial charge >= 0.3 is 0 Å². The van der Waals surface area contributed by atoms with Crippen LogP contribution >= 0.6 is 0 Å². The van der Waals surface area contributed by atoms with Crippen LogP contribution in [-0.4, -0.2) is 12.2 Å². The van der Waals surface area contributed by atoms with Gasteiger partial charge in [-0.05, 0) is 36.4 Å². The third-order valence-electron chi connectivity index (χ3n) is 2.56. The maximum Gasteiger partial charge on any atom is 0.255 e. The Kier molecular flexibility index (Phi) is 3.70. The van der Waals surface area contributed by atoms with E-state index in [2.05, 4.69) is 5.32 Å². The van der Waals surface area contributed by atoms with Gasteiger partial charge in [0, 0.05) is 16.8 Å². The van der Waals surface area contributed by atoms with Crippen molar-refractivity contribution in [1.29, 1.82) is 5.26 Å². The van der Waals surface area contributed by atoms with Gasteiger partial charge < -0.3 is 5.32 Å². The predicted molar refractivity (Wildman–Crippen MR) is 70.9 cm³/mol. The molecule has 0 heterocycles. The van der Waals surface area contributed by atoms with E-state index < -0.39 is 0 Å². The van der Waals surface area contributed by atoms with Gasteiger partial charge in [-0.2, -0.15) is 5.26 Å². The lowest BCUT2D eigenvalue weighted by Gasteiger charge is -2.05. The highest BCUT2D eigenvalue weighted by atomic mass is 16.1. The number of carbonyl (C=O) groups excluding carboxylic acids is 2. The first-order valence-electron chi connectivity index (χ1n) is 5.59. The molecular weight excluding hydrogens is 240 g/mol. The van der Waals surface area contributed by atoms with Crippen molar-refractivity contribution in [3.05, 3.63) is 65.2 Å². The van der Waals surface area contributed by atoms with Crippen LogP contribution in [0.3, 0.4) is 0 Å². The molecule has 1 amide bonds. The molecule has 0 radical (unpaired) electrons. The van der Waals surface area contributed by atoms with Crippen LogP contribution in [0.4, 0.5) is 5.69 Å². The first-order chi connectivity index (χ1) is 9.22. The largest absolute Gasteiger partial charge is 0.322 e. The van der Waals surface area contributed by atoms with Crippen LogP contribution in [0, 0.1) is 11.3 Å². The molecule has 2 aromatic rings. The molecule has 2 aromatic carbocycles. The summed E-state index contributed by atoms with van der Waals surface area (Å²) in [5, 5.41) is 11.4. The summed E-state index contributed by atoms with van der Waals surface area (Å²) in [7, 11) is 0. The Morgan fingerprint density at radius 2 is 1.89 bits per heavy atom. The van der Waals surface area contributed by atoms with Crippen LogP contribution < -0.4 is 5.32 Å². The third kappa shape index (κ3) is 3.05. The molecule has 4 nitrogen and oxygen atoms in total. The normalized spacial score (nSPS) is 9.42. The molecule has 0 bridgehead atoms. The predicted octanol–water partition coefficient (Wildman–Crippen LogP) is 2.62. The van der Waals surface area contributed by atoms with Gasteiger partial charge in [0.25, 0.3) is 5.91 Å². The SMILES string of the molecule is N#Cc1ccc(NC(=O)c2cccc(C=O)c2)cc1. The van der Waals surface area contributed by atoms with Crippen LogP contribution in [0.2, 0.25) is 0 Å². The van der Waals surface area contributed by atoms with E-state index in [1.165, 1.54) is 6.07 Å². The van der Waals surface area contributed by atoms with Gasteiger partial charge in [0.1, 0.15) is 6.29 Å². The highest BCUT2D eigenvalue weighted by Crippen LogP contribution is 2.11. The summed E-state index contributed by atoms with van der Waals surface area (Å²) in [6, 6.07) is 15.0.